The standard InChI is InChI=1S/C48H85N11O15/c1-12-25(7)37(46(71)56-32(20-23(3)4)43(68)52-27(9)39(64)53-29(11)48(73)74)58-42(67)31(17-18-35(60)61)54-44(69)34(22-36(62)63)57-47(72)38(26(8)13-2)59-45(70)33(21-24(5)6)55-40(65)28(10)51-41(66)30(50)16-14-15-19-49/h23-34,37-38H,12-22,49-50H2,1-11H3,(H,51,66)(H,52,68)(H,53,64)(H,54,69)(H,55,65)(H,56,71)(H,57,72)(H,58,67)(H,59,70)(H,60,61)(H,62,63)(H,73,74)/t25-,26-,27-,28-,29-,30-,31-,32-,33-,34-,37-,38-/m0/s1. The number of carbonyl (C=O) groups excluding carboxylic acids is 9. The van der Waals surface area contributed by atoms with Gasteiger partial charge in [-0.15, -0.1) is 0 Å². The van der Waals surface area contributed by atoms with Crippen molar-refractivity contribution in [2.24, 2.45) is 35.1 Å². The lowest BCUT2D eigenvalue weighted by Gasteiger charge is -2.30. The Balaban J connectivity index is 6.61. The van der Waals surface area contributed by atoms with Crippen LogP contribution in [0, 0.1) is 23.7 Å². The molecule has 0 aliphatic heterocycles. The van der Waals surface area contributed by atoms with E-state index in [0.717, 1.165) is 0 Å². The molecule has 16 N–H and O–H groups in total. The van der Waals surface area contributed by atoms with Crippen LogP contribution in [0.15, 0.2) is 0 Å². The summed E-state index contributed by atoms with van der Waals surface area (Å²) >= 11 is 0. The van der Waals surface area contributed by atoms with E-state index in [1.165, 1.54) is 20.8 Å². The molecular weight excluding hydrogens is 971 g/mol. The minimum atomic E-state index is -1.92. The first-order chi connectivity index (χ1) is 34.4. The molecule has 0 aromatic rings. The number of rotatable bonds is 36. The third-order valence-electron chi connectivity index (χ3n) is 12.1. The zero-order valence-electron chi connectivity index (χ0n) is 44.8. The second kappa shape index (κ2) is 34.1. The van der Waals surface area contributed by atoms with Gasteiger partial charge in [0.2, 0.25) is 53.2 Å². The lowest BCUT2D eigenvalue weighted by molar-refractivity contribution is -0.142. The first kappa shape index (κ1) is 67.6. The molecule has 0 saturated heterocycles. The molecule has 0 saturated carbocycles. The van der Waals surface area contributed by atoms with E-state index in [1.807, 2.05) is 0 Å². The zero-order chi connectivity index (χ0) is 57.2. The van der Waals surface area contributed by atoms with Gasteiger partial charge in [0.1, 0.15) is 54.4 Å². The lowest BCUT2D eigenvalue weighted by atomic mass is 9.95. The maximum Gasteiger partial charge on any atom is 0.325 e. The highest BCUT2D eigenvalue weighted by atomic mass is 16.4. The van der Waals surface area contributed by atoms with Crippen LogP contribution in [0.3, 0.4) is 0 Å². The molecule has 0 radical (unpaired) electrons. The average Bonchev–Trinajstić information content (AvgIpc) is 3.31. The largest absolute Gasteiger partial charge is 0.481 e. The van der Waals surface area contributed by atoms with Crippen LogP contribution in [0.4, 0.5) is 0 Å². The highest BCUT2D eigenvalue weighted by Gasteiger charge is 2.37. The molecule has 0 rings (SSSR count). The number of nitrogens with one attached hydrogen (secondary N) is 9. The topological polar surface area (TPSA) is 426 Å². The van der Waals surface area contributed by atoms with Gasteiger partial charge in [-0.2, -0.15) is 0 Å². The van der Waals surface area contributed by atoms with Gasteiger partial charge in [0, 0.05) is 6.42 Å². The van der Waals surface area contributed by atoms with Crippen LogP contribution in [0.5, 0.6) is 0 Å². The maximum atomic E-state index is 14.0. The van der Waals surface area contributed by atoms with Crippen molar-refractivity contribution in [1.82, 2.24) is 47.9 Å². The predicted octanol–water partition coefficient (Wildman–Crippen LogP) is -1.53. The van der Waals surface area contributed by atoms with Gasteiger partial charge in [-0.05, 0) is 83.1 Å². The number of hydrogen-bond acceptors (Lipinski definition) is 14. The first-order valence-corrected chi connectivity index (χ1v) is 25.3. The highest BCUT2D eigenvalue weighted by molar-refractivity contribution is 5.99. The Bertz CT molecular complexity index is 1940. The molecule has 0 aromatic heterocycles. The summed E-state index contributed by atoms with van der Waals surface area (Å²) in [5.41, 5.74) is 11.5. The number of hydrogen-bond donors (Lipinski definition) is 14. The van der Waals surface area contributed by atoms with Crippen molar-refractivity contribution in [3.05, 3.63) is 0 Å². The molecule has 9 amide bonds. The molecule has 0 heterocycles. The van der Waals surface area contributed by atoms with Crippen molar-refractivity contribution in [3.63, 3.8) is 0 Å². The van der Waals surface area contributed by atoms with E-state index in [-0.39, 0.29) is 37.5 Å². The average molecular weight is 1060 g/mol. The van der Waals surface area contributed by atoms with E-state index in [9.17, 15) is 67.7 Å². The number of carboxylic acid groups (broad SMARTS) is 3. The molecule has 0 aliphatic carbocycles. The summed E-state index contributed by atoms with van der Waals surface area (Å²) in [6.07, 6.45) is -0.0556. The van der Waals surface area contributed by atoms with Crippen molar-refractivity contribution in [2.45, 2.75) is 201 Å². The van der Waals surface area contributed by atoms with E-state index in [2.05, 4.69) is 47.9 Å². The van der Waals surface area contributed by atoms with E-state index in [0.29, 0.717) is 25.8 Å². The van der Waals surface area contributed by atoms with E-state index in [1.54, 1.807) is 55.4 Å². The predicted molar refractivity (Wildman–Crippen MR) is 270 cm³/mol. The van der Waals surface area contributed by atoms with Gasteiger partial charge in [-0.25, -0.2) is 0 Å². The summed E-state index contributed by atoms with van der Waals surface area (Å²) in [6, 6.07) is -13.5. The van der Waals surface area contributed by atoms with Crippen molar-refractivity contribution in [3.8, 4) is 0 Å². The van der Waals surface area contributed by atoms with Crippen LogP contribution < -0.4 is 59.3 Å². The summed E-state index contributed by atoms with van der Waals surface area (Å²) in [5, 5.41) is 50.7. The van der Waals surface area contributed by atoms with Crippen LogP contribution in [-0.2, 0) is 57.5 Å². The van der Waals surface area contributed by atoms with Crippen LogP contribution in [0.1, 0.15) is 140 Å². The van der Waals surface area contributed by atoms with Crippen LogP contribution in [0.25, 0.3) is 0 Å². The minimum Gasteiger partial charge on any atom is -0.481 e. The molecule has 422 valence electrons. The number of unbranched alkanes of at least 4 members (excludes halogenated alkanes) is 1. The lowest BCUT2D eigenvalue weighted by Crippen LogP contribution is -2.62. The fourth-order valence-corrected chi connectivity index (χ4v) is 7.14. The summed E-state index contributed by atoms with van der Waals surface area (Å²) in [5.74, 6) is -13.9. The first-order valence-electron chi connectivity index (χ1n) is 25.3. The molecule has 74 heavy (non-hydrogen) atoms. The summed E-state index contributed by atoms with van der Waals surface area (Å²) in [6.45, 7) is 18.0. The Morgan fingerprint density at radius 2 is 0.797 bits per heavy atom. The zero-order valence-corrected chi connectivity index (χ0v) is 44.8. The molecule has 0 bridgehead atoms. The molecule has 26 nitrogen and oxygen atoms in total. The molecule has 0 aromatic carbocycles. The van der Waals surface area contributed by atoms with Crippen molar-refractivity contribution in [2.75, 3.05) is 6.54 Å². The van der Waals surface area contributed by atoms with Gasteiger partial charge >= 0.3 is 17.9 Å². The molecule has 12 atom stereocenters. The van der Waals surface area contributed by atoms with Crippen LogP contribution in [-0.4, -0.2) is 153 Å². The number of carboxylic acids is 3. The van der Waals surface area contributed by atoms with Gasteiger partial charge in [0.05, 0.1) is 12.5 Å². The number of nitrogens with two attached hydrogens (primary N) is 2. The van der Waals surface area contributed by atoms with Crippen molar-refractivity contribution in [1.29, 1.82) is 0 Å². The van der Waals surface area contributed by atoms with Crippen molar-refractivity contribution < 1.29 is 72.9 Å². The molecular formula is C48H85N11O15. The SMILES string of the molecule is CC[C@H](C)[C@H](NC(=O)[C@H](CCC(=O)O)NC(=O)[C@H](CC(=O)O)NC(=O)[C@@H](NC(=O)[C@H](CC(C)C)NC(=O)[C@H](C)NC(=O)[C@@H](N)CCCCN)[C@@H](C)CC)C(=O)N[C@@H](CC(C)C)C(=O)N[C@@H](C)C(=O)N[C@@H](C)C(=O)O. The monoisotopic (exact) mass is 1060 g/mol. The Kier molecular flexibility index (Phi) is 31.2. The van der Waals surface area contributed by atoms with Crippen LogP contribution >= 0.6 is 0 Å². The van der Waals surface area contributed by atoms with Crippen LogP contribution in [0.2, 0.25) is 0 Å². The number of amides is 9. The summed E-state index contributed by atoms with van der Waals surface area (Å²) in [4.78, 5) is 157. The van der Waals surface area contributed by atoms with Gasteiger partial charge < -0.3 is 74.6 Å². The van der Waals surface area contributed by atoms with Gasteiger partial charge in [0.25, 0.3) is 0 Å². The number of aliphatic carboxylic acids is 3. The maximum absolute atomic E-state index is 14.0. The third-order valence-corrected chi connectivity index (χ3v) is 12.1. The fraction of sp³-hybridized carbons (Fsp3) is 0.750. The summed E-state index contributed by atoms with van der Waals surface area (Å²) in [7, 11) is 0. The van der Waals surface area contributed by atoms with E-state index in [4.69, 9.17) is 16.6 Å². The fourth-order valence-electron chi connectivity index (χ4n) is 7.14. The normalized spacial score (nSPS) is 16.1. The molecule has 26 heteroatoms. The summed E-state index contributed by atoms with van der Waals surface area (Å²) < 4.78 is 0. The van der Waals surface area contributed by atoms with Gasteiger partial charge in [-0.3, -0.25) is 57.5 Å². The molecule has 0 fully saturated rings. The highest BCUT2D eigenvalue weighted by Crippen LogP contribution is 2.15. The second-order valence-electron chi connectivity index (χ2n) is 19.7. The van der Waals surface area contributed by atoms with E-state index >= 15 is 0 Å². The molecule has 0 aliphatic rings. The Morgan fingerprint density at radius 3 is 1.22 bits per heavy atom. The smallest absolute Gasteiger partial charge is 0.325 e. The Morgan fingerprint density at radius 1 is 0.419 bits per heavy atom. The number of carbonyl (C=O) groups is 12. The Labute approximate surface area is 433 Å². The van der Waals surface area contributed by atoms with Crippen molar-refractivity contribution >= 4 is 71.1 Å². The third kappa shape index (κ3) is 25.5. The van der Waals surface area contributed by atoms with Gasteiger partial charge in [0.15, 0.2) is 0 Å². The Hall–Kier alpha value is -6.44. The molecule has 0 spiro atoms. The quantitative estimate of drug-likeness (QED) is 0.0317. The van der Waals surface area contributed by atoms with E-state index < -0.39 is 163 Å². The molecule has 0 unspecified atom stereocenters. The minimum absolute atomic E-state index is 0.0517. The second-order valence-corrected chi connectivity index (χ2v) is 19.7. The van der Waals surface area contributed by atoms with Gasteiger partial charge in [-0.1, -0.05) is 74.7 Å².